The molecule has 21 heavy (non-hydrogen) atoms. The fourth-order valence-corrected chi connectivity index (χ4v) is 3.01. The smallest absolute Gasteiger partial charge is 0.106 e. The summed E-state index contributed by atoms with van der Waals surface area (Å²) < 4.78 is 0. The zero-order chi connectivity index (χ0) is 15.6. The minimum Gasteiger partial charge on any atom is -0.389 e. The molecular weight excluding hydrogens is 306 g/mol. The Kier molecular flexibility index (Phi) is 5.09. The van der Waals surface area contributed by atoms with Crippen molar-refractivity contribution in [2.24, 2.45) is 5.73 Å². The van der Waals surface area contributed by atoms with E-state index in [1.54, 1.807) is 0 Å². The summed E-state index contributed by atoms with van der Waals surface area (Å²) in [6.07, 6.45) is 0. The molecule has 1 aromatic rings. The maximum absolute atomic E-state index is 9.90. The van der Waals surface area contributed by atoms with Crippen LogP contribution in [-0.2, 0) is 0 Å². The van der Waals surface area contributed by atoms with Crippen LogP contribution in [0.25, 0.3) is 0 Å². The molecule has 1 heterocycles. The van der Waals surface area contributed by atoms with Gasteiger partial charge in [0.15, 0.2) is 0 Å². The van der Waals surface area contributed by atoms with Gasteiger partial charge in [0.2, 0.25) is 0 Å². The lowest BCUT2D eigenvalue weighted by Gasteiger charge is -2.39. The standard InChI is InChI=1S/C15H22ClN3OS/c1-15(2,20)10-18-5-7-19(8-6-18)13-9-11(16)3-4-12(13)14(17)21/h3-4,9,20H,5-8,10H2,1-2H3,(H2,17,21). The summed E-state index contributed by atoms with van der Waals surface area (Å²) in [5, 5.41) is 10.6. The normalized spacial score (nSPS) is 17.0. The molecule has 3 N–H and O–H groups in total. The van der Waals surface area contributed by atoms with Gasteiger partial charge >= 0.3 is 0 Å². The number of β-amino-alcohol motifs (C(OH)–C–C–N with tert-alkyl or cyclic N) is 1. The lowest BCUT2D eigenvalue weighted by molar-refractivity contribution is 0.0345. The van der Waals surface area contributed by atoms with E-state index < -0.39 is 5.60 Å². The highest BCUT2D eigenvalue weighted by Crippen LogP contribution is 2.26. The summed E-state index contributed by atoms with van der Waals surface area (Å²) in [5.74, 6) is 0. The SMILES string of the molecule is CC(C)(O)CN1CCN(c2cc(Cl)ccc2C(N)=S)CC1. The first-order valence-corrected chi connectivity index (χ1v) is 7.84. The van der Waals surface area contributed by atoms with Crippen molar-refractivity contribution in [2.45, 2.75) is 19.4 Å². The molecule has 116 valence electrons. The third-order valence-corrected chi connectivity index (χ3v) is 4.00. The average molecular weight is 328 g/mol. The van der Waals surface area contributed by atoms with Crippen molar-refractivity contribution < 1.29 is 5.11 Å². The molecule has 0 aromatic heterocycles. The molecule has 1 aliphatic rings. The van der Waals surface area contributed by atoms with Crippen LogP contribution in [0.4, 0.5) is 5.69 Å². The molecule has 6 heteroatoms. The number of nitrogens with zero attached hydrogens (tertiary/aromatic N) is 2. The van der Waals surface area contributed by atoms with Gasteiger partial charge in [0.1, 0.15) is 4.99 Å². The van der Waals surface area contributed by atoms with Crippen LogP contribution < -0.4 is 10.6 Å². The number of anilines is 1. The molecule has 0 bridgehead atoms. The van der Waals surface area contributed by atoms with Crippen molar-refractivity contribution >= 4 is 34.5 Å². The van der Waals surface area contributed by atoms with Gasteiger partial charge < -0.3 is 15.7 Å². The zero-order valence-corrected chi connectivity index (χ0v) is 14.0. The molecule has 1 saturated heterocycles. The van der Waals surface area contributed by atoms with E-state index in [1.165, 1.54) is 0 Å². The van der Waals surface area contributed by atoms with Crippen molar-refractivity contribution in [1.29, 1.82) is 0 Å². The second-order valence-corrected chi connectivity index (χ2v) is 6.98. The van der Waals surface area contributed by atoms with Crippen molar-refractivity contribution in [1.82, 2.24) is 4.90 Å². The highest BCUT2D eigenvalue weighted by molar-refractivity contribution is 7.80. The van der Waals surface area contributed by atoms with Gasteiger partial charge in [-0.05, 0) is 32.0 Å². The lowest BCUT2D eigenvalue weighted by Crippen LogP contribution is -2.50. The summed E-state index contributed by atoms with van der Waals surface area (Å²) in [7, 11) is 0. The maximum Gasteiger partial charge on any atom is 0.106 e. The number of nitrogens with two attached hydrogens (primary N) is 1. The van der Waals surface area contributed by atoms with Gasteiger partial charge in [0, 0.05) is 49.0 Å². The number of thiocarbonyl (C=S) groups is 1. The molecule has 0 amide bonds. The minimum absolute atomic E-state index is 0.389. The van der Waals surface area contributed by atoms with Crippen molar-refractivity contribution in [3.63, 3.8) is 0 Å². The first kappa shape index (κ1) is 16.5. The van der Waals surface area contributed by atoms with Gasteiger partial charge in [-0.15, -0.1) is 0 Å². The molecular formula is C15H22ClN3OS. The third-order valence-electron chi connectivity index (χ3n) is 3.55. The molecule has 0 atom stereocenters. The molecule has 0 saturated carbocycles. The van der Waals surface area contributed by atoms with Crippen LogP contribution in [0.5, 0.6) is 0 Å². The van der Waals surface area contributed by atoms with Gasteiger partial charge in [-0.25, -0.2) is 0 Å². The van der Waals surface area contributed by atoms with Gasteiger partial charge in [-0.3, -0.25) is 4.90 Å². The highest BCUT2D eigenvalue weighted by atomic mass is 35.5. The van der Waals surface area contributed by atoms with Crippen molar-refractivity contribution in [3.05, 3.63) is 28.8 Å². The quantitative estimate of drug-likeness (QED) is 0.827. The molecule has 2 rings (SSSR count). The fourth-order valence-electron chi connectivity index (χ4n) is 2.67. The Hall–Kier alpha value is -0.880. The van der Waals surface area contributed by atoms with E-state index in [0.717, 1.165) is 37.4 Å². The van der Waals surface area contributed by atoms with Crippen molar-refractivity contribution in [2.75, 3.05) is 37.6 Å². The Balaban J connectivity index is 2.09. The lowest BCUT2D eigenvalue weighted by atomic mass is 10.1. The van der Waals surface area contributed by atoms with E-state index in [-0.39, 0.29) is 0 Å². The second-order valence-electron chi connectivity index (χ2n) is 6.10. The van der Waals surface area contributed by atoms with Crippen LogP contribution in [0.1, 0.15) is 19.4 Å². The fraction of sp³-hybridized carbons (Fsp3) is 0.533. The van der Waals surface area contributed by atoms with E-state index in [1.807, 2.05) is 32.0 Å². The number of halogens is 1. The summed E-state index contributed by atoms with van der Waals surface area (Å²) in [4.78, 5) is 4.91. The van der Waals surface area contributed by atoms with Gasteiger partial charge in [-0.2, -0.15) is 0 Å². The molecule has 0 radical (unpaired) electrons. The predicted octanol–water partition coefficient (Wildman–Crippen LogP) is 1.87. The maximum atomic E-state index is 9.90. The average Bonchev–Trinajstić information content (AvgIpc) is 2.37. The van der Waals surface area contributed by atoms with Crippen LogP contribution in [0.3, 0.4) is 0 Å². The molecule has 1 fully saturated rings. The van der Waals surface area contributed by atoms with Gasteiger partial charge in [-0.1, -0.05) is 23.8 Å². The van der Waals surface area contributed by atoms with E-state index in [2.05, 4.69) is 9.80 Å². The zero-order valence-electron chi connectivity index (χ0n) is 12.5. The van der Waals surface area contributed by atoms with Gasteiger partial charge in [0.25, 0.3) is 0 Å². The van der Waals surface area contributed by atoms with Crippen molar-refractivity contribution in [3.8, 4) is 0 Å². The number of piperazine rings is 1. The predicted molar refractivity (Wildman–Crippen MR) is 92.3 cm³/mol. The molecule has 0 spiro atoms. The first-order valence-electron chi connectivity index (χ1n) is 7.05. The Morgan fingerprint density at radius 1 is 1.33 bits per heavy atom. The number of aliphatic hydroxyl groups is 1. The van der Waals surface area contributed by atoms with Gasteiger partial charge in [0.05, 0.1) is 5.60 Å². The van der Waals surface area contributed by atoms with Crippen LogP contribution in [0.2, 0.25) is 5.02 Å². The summed E-state index contributed by atoms with van der Waals surface area (Å²) in [6, 6.07) is 5.61. The molecule has 4 nitrogen and oxygen atoms in total. The second kappa shape index (κ2) is 6.48. The van der Waals surface area contributed by atoms with Crippen LogP contribution in [-0.4, -0.2) is 53.3 Å². The van der Waals surface area contributed by atoms with E-state index in [0.29, 0.717) is 16.6 Å². The molecule has 0 aliphatic carbocycles. The number of rotatable bonds is 4. The number of hydrogen-bond acceptors (Lipinski definition) is 4. The molecule has 0 unspecified atom stereocenters. The Bertz CT molecular complexity index is 522. The third kappa shape index (κ3) is 4.54. The van der Waals surface area contributed by atoms with E-state index in [9.17, 15) is 5.11 Å². The number of hydrogen-bond donors (Lipinski definition) is 2. The number of benzene rings is 1. The van der Waals surface area contributed by atoms with E-state index in [4.69, 9.17) is 29.6 Å². The van der Waals surface area contributed by atoms with E-state index >= 15 is 0 Å². The monoisotopic (exact) mass is 327 g/mol. The Morgan fingerprint density at radius 3 is 2.48 bits per heavy atom. The first-order chi connectivity index (χ1) is 9.76. The summed E-state index contributed by atoms with van der Waals surface area (Å²) in [6.45, 7) is 7.87. The van der Waals surface area contributed by atoms with Crippen LogP contribution in [0, 0.1) is 0 Å². The minimum atomic E-state index is -0.664. The summed E-state index contributed by atoms with van der Waals surface area (Å²) >= 11 is 11.2. The molecule has 1 aliphatic heterocycles. The highest BCUT2D eigenvalue weighted by Gasteiger charge is 2.24. The Labute approximate surface area is 136 Å². The van der Waals surface area contributed by atoms with Crippen LogP contribution in [0.15, 0.2) is 18.2 Å². The topological polar surface area (TPSA) is 52.7 Å². The molecule has 1 aromatic carbocycles. The summed E-state index contributed by atoms with van der Waals surface area (Å²) in [5.41, 5.74) is 7.00. The van der Waals surface area contributed by atoms with Crippen LogP contribution >= 0.6 is 23.8 Å². The Morgan fingerprint density at radius 2 is 1.95 bits per heavy atom. The largest absolute Gasteiger partial charge is 0.389 e.